The van der Waals surface area contributed by atoms with Crippen molar-refractivity contribution >= 4 is 0 Å². The zero-order valence-corrected chi connectivity index (χ0v) is 13.2. The van der Waals surface area contributed by atoms with Crippen molar-refractivity contribution in [3.05, 3.63) is 29.8 Å². The zero-order valence-electron chi connectivity index (χ0n) is 13.2. The van der Waals surface area contributed by atoms with E-state index in [0.29, 0.717) is 25.1 Å². The van der Waals surface area contributed by atoms with Crippen molar-refractivity contribution in [2.24, 2.45) is 0 Å². The van der Waals surface area contributed by atoms with Gasteiger partial charge in [0.1, 0.15) is 12.4 Å². The highest BCUT2D eigenvalue weighted by atomic mass is 16.5. The van der Waals surface area contributed by atoms with Gasteiger partial charge in [-0.25, -0.2) is 0 Å². The molecule has 0 spiro atoms. The molecule has 1 saturated heterocycles. The fourth-order valence-corrected chi connectivity index (χ4v) is 2.78. The van der Waals surface area contributed by atoms with Crippen LogP contribution < -0.4 is 4.74 Å². The third-order valence-corrected chi connectivity index (χ3v) is 4.32. The molecule has 0 aliphatic carbocycles. The highest BCUT2D eigenvalue weighted by Gasteiger charge is 2.25. The molecule has 1 aliphatic rings. The number of piperazine rings is 1. The molecule has 2 unspecified atom stereocenters. The maximum atomic E-state index is 8.65. The number of rotatable bonds is 5. The SMILES string of the molecule is CC1CN(CCOc2ccc(CC#N)cc2)CC(C)N1C. The predicted molar refractivity (Wildman–Crippen MR) is 84.4 cm³/mol. The zero-order chi connectivity index (χ0) is 15.2. The van der Waals surface area contributed by atoms with Crippen LogP contribution in [0.2, 0.25) is 0 Å². The number of ether oxygens (including phenoxy) is 1. The van der Waals surface area contributed by atoms with Crippen molar-refractivity contribution in [2.45, 2.75) is 32.4 Å². The molecule has 0 saturated carbocycles. The van der Waals surface area contributed by atoms with Gasteiger partial charge in [0.05, 0.1) is 12.5 Å². The van der Waals surface area contributed by atoms with Gasteiger partial charge >= 0.3 is 0 Å². The number of nitriles is 1. The Hall–Kier alpha value is -1.57. The second kappa shape index (κ2) is 7.44. The van der Waals surface area contributed by atoms with E-state index >= 15 is 0 Å². The van der Waals surface area contributed by atoms with E-state index in [1.807, 2.05) is 24.3 Å². The van der Waals surface area contributed by atoms with Gasteiger partial charge in [-0.05, 0) is 38.6 Å². The minimum atomic E-state index is 0.456. The average Bonchev–Trinajstić information content (AvgIpc) is 2.47. The van der Waals surface area contributed by atoms with E-state index in [2.05, 4.69) is 36.8 Å². The molecule has 1 aliphatic heterocycles. The van der Waals surface area contributed by atoms with Crippen LogP contribution >= 0.6 is 0 Å². The first-order valence-electron chi connectivity index (χ1n) is 7.63. The predicted octanol–water partition coefficient (Wildman–Crippen LogP) is 2.16. The molecular formula is C17H25N3O. The van der Waals surface area contributed by atoms with E-state index in [-0.39, 0.29) is 0 Å². The lowest BCUT2D eigenvalue weighted by molar-refractivity contribution is 0.0522. The number of nitrogens with zero attached hydrogens (tertiary/aromatic N) is 3. The maximum Gasteiger partial charge on any atom is 0.119 e. The fourth-order valence-electron chi connectivity index (χ4n) is 2.78. The van der Waals surface area contributed by atoms with Gasteiger partial charge in [-0.15, -0.1) is 0 Å². The maximum absolute atomic E-state index is 8.65. The lowest BCUT2D eigenvalue weighted by Gasteiger charge is -2.42. The standard InChI is InChI=1S/C17H25N3O/c1-14-12-20(13-15(2)19(14)3)10-11-21-17-6-4-16(5-7-17)8-9-18/h4-7,14-15H,8,10-13H2,1-3H3. The second-order valence-electron chi connectivity index (χ2n) is 5.95. The second-order valence-corrected chi connectivity index (χ2v) is 5.95. The lowest BCUT2D eigenvalue weighted by atomic mass is 10.1. The first-order valence-corrected chi connectivity index (χ1v) is 7.63. The van der Waals surface area contributed by atoms with Gasteiger partial charge in [0.25, 0.3) is 0 Å². The molecule has 2 rings (SSSR count). The van der Waals surface area contributed by atoms with Crippen LogP contribution in [0.15, 0.2) is 24.3 Å². The molecule has 0 radical (unpaired) electrons. The highest BCUT2D eigenvalue weighted by molar-refractivity contribution is 5.28. The van der Waals surface area contributed by atoms with E-state index < -0.39 is 0 Å². The molecule has 21 heavy (non-hydrogen) atoms. The van der Waals surface area contributed by atoms with E-state index in [9.17, 15) is 0 Å². The van der Waals surface area contributed by atoms with Crippen molar-refractivity contribution in [1.29, 1.82) is 5.26 Å². The molecule has 1 fully saturated rings. The minimum absolute atomic E-state index is 0.456. The van der Waals surface area contributed by atoms with E-state index in [4.69, 9.17) is 10.00 Å². The normalized spacial score (nSPS) is 23.7. The topological polar surface area (TPSA) is 39.5 Å². The molecule has 1 heterocycles. The summed E-state index contributed by atoms with van der Waals surface area (Å²) in [6, 6.07) is 11.1. The van der Waals surface area contributed by atoms with Crippen LogP contribution in [0.5, 0.6) is 5.75 Å². The van der Waals surface area contributed by atoms with Gasteiger partial charge in [0, 0.05) is 31.7 Å². The van der Waals surface area contributed by atoms with E-state index in [0.717, 1.165) is 30.9 Å². The molecule has 4 heteroatoms. The Morgan fingerprint density at radius 1 is 1.19 bits per heavy atom. The van der Waals surface area contributed by atoms with Crippen LogP contribution in [-0.4, -0.2) is 55.2 Å². The Balaban J connectivity index is 1.75. The summed E-state index contributed by atoms with van der Waals surface area (Å²) in [5.41, 5.74) is 1.03. The molecule has 1 aromatic carbocycles. The smallest absolute Gasteiger partial charge is 0.119 e. The summed E-state index contributed by atoms with van der Waals surface area (Å²) in [6.45, 7) is 8.43. The van der Waals surface area contributed by atoms with Crippen LogP contribution in [0.1, 0.15) is 19.4 Å². The van der Waals surface area contributed by atoms with Crippen LogP contribution in [0.3, 0.4) is 0 Å². The lowest BCUT2D eigenvalue weighted by Crippen LogP contribution is -2.55. The third-order valence-electron chi connectivity index (χ3n) is 4.32. The Morgan fingerprint density at radius 3 is 2.38 bits per heavy atom. The Labute approximate surface area is 127 Å². The summed E-state index contributed by atoms with van der Waals surface area (Å²) in [7, 11) is 2.20. The van der Waals surface area contributed by atoms with Gasteiger partial charge in [-0.2, -0.15) is 5.26 Å². The monoisotopic (exact) mass is 287 g/mol. The van der Waals surface area contributed by atoms with Crippen molar-refractivity contribution < 1.29 is 4.74 Å². The molecule has 0 N–H and O–H groups in total. The number of hydrogen-bond acceptors (Lipinski definition) is 4. The first-order chi connectivity index (χ1) is 10.1. The van der Waals surface area contributed by atoms with Crippen LogP contribution in [0, 0.1) is 11.3 Å². The summed E-state index contributed by atoms with van der Waals surface area (Å²) in [5, 5.41) is 8.65. The molecule has 0 bridgehead atoms. The molecule has 1 aromatic rings. The number of hydrogen-bond donors (Lipinski definition) is 0. The Kier molecular flexibility index (Phi) is 5.60. The van der Waals surface area contributed by atoms with Crippen LogP contribution in [0.4, 0.5) is 0 Å². The van der Waals surface area contributed by atoms with Crippen molar-refractivity contribution in [2.75, 3.05) is 33.3 Å². The molecule has 114 valence electrons. The highest BCUT2D eigenvalue weighted by Crippen LogP contribution is 2.15. The number of likely N-dealkylation sites (N-methyl/N-ethyl adjacent to an activating group) is 1. The fraction of sp³-hybridized carbons (Fsp3) is 0.588. The molecule has 0 amide bonds. The third kappa shape index (κ3) is 4.45. The van der Waals surface area contributed by atoms with Gasteiger partial charge < -0.3 is 4.74 Å². The minimum Gasteiger partial charge on any atom is -0.492 e. The van der Waals surface area contributed by atoms with Crippen molar-refractivity contribution in [1.82, 2.24) is 9.80 Å². The molecule has 0 aromatic heterocycles. The summed E-state index contributed by atoms with van der Waals surface area (Å²) in [6.07, 6.45) is 0.456. The quantitative estimate of drug-likeness (QED) is 0.832. The Morgan fingerprint density at radius 2 is 1.81 bits per heavy atom. The molecule has 4 nitrogen and oxygen atoms in total. The van der Waals surface area contributed by atoms with E-state index in [1.165, 1.54) is 0 Å². The Bertz CT molecular complexity index is 468. The summed E-state index contributed by atoms with van der Waals surface area (Å²) in [4.78, 5) is 4.91. The summed E-state index contributed by atoms with van der Waals surface area (Å²) in [5.74, 6) is 0.881. The van der Waals surface area contributed by atoms with Crippen LogP contribution in [-0.2, 0) is 6.42 Å². The van der Waals surface area contributed by atoms with E-state index in [1.54, 1.807) is 0 Å². The molecule has 2 atom stereocenters. The van der Waals surface area contributed by atoms with Gasteiger partial charge in [0.2, 0.25) is 0 Å². The summed E-state index contributed by atoms with van der Waals surface area (Å²) < 4.78 is 5.80. The van der Waals surface area contributed by atoms with Gasteiger partial charge in [-0.1, -0.05) is 12.1 Å². The van der Waals surface area contributed by atoms with Gasteiger partial charge in [-0.3, -0.25) is 9.80 Å². The van der Waals surface area contributed by atoms with Gasteiger partial charge in [0.15, 0.2) is 0 Å². The molecular weight excluding hydrogens is 262 g/mol. The number of benzene rings is 1. The van der Waals surface area contributed by atoms with Crippen LogP contribution in [0.25, 0.3) is 0 Å². The van der Waals surface area contributed by atoms with Crippen molar-refractivity contribution in [3.63, 3.8) is 0 Å². The van der Waals surface area contributed by atoms with Crippen molar-refractivity contribution in [3.8, 4) is 11.8 Å². The summed E-state index contributed by atoms with van der Waals surface area (Å²) >= 11 is 0. The largest absolute Gasteiger partial charge is 0.492 e. The first kappa shape index (κ1) is 15.8. The average molecular weight is 287 g/mol.